The molecule has 0 saturated heterocycles. The Hall–Kier alpha value is -1.11. The molecule has 0 bridgehead atoms. The lowest BCUT2D eigenvalue weighted by molar-refractivity contribution is 0.101. The van der Waals surface area contributed by atoms with Crippen LogP contribution in [0.1, 0.15) is 66.6 Å². The zero-order valence-electron chi connectivity index (χ0n) is 10.8. The second kappa shape index (κ2) is 3.73. The minimum absolute atomic E-state index is 0.180. The number of hydrogen-bond acceptors (Lipinski definition) is 1. The number of hydrogen-bond donors (Lipinski definition) is 0. The molecule has 0 saturated carbocycles. The van der Waals surface area contributed by atoms with Gasteiger partial charge in [-0.05, 0) is 54.4 Å². The number of rotatable bonds is 1. The van der Waals surface area contributed by atoms with Gasteiger partial charge in [0.25, 0.3) is 0 Å². The first kappa shape index (κ1) is 11.4. The number of Topliss-reactive ketones (excluding diaryl/α,β-unsaturated/α-hetero) is 1. The Kier molecular flexibility index (Phi) is 2.65. The molecule has 3 atom stereocenters. The van der Waals surface area contributed by atoms with Crippen LogP contribution in [-0.4, -0.2) is 5.78 Å². The van der Waals surface area contributed by atoms with Gasteiger partial charge in [-0.1, -0.05) is 26.8 Å². The van der Waals surface area contributed by atoms with Crippen molar-refractivity contribution in [2.75, 3.05) is 0 Å². The van der Waals surface area contributed by atoms with Gasteiger partial charge in [-0.25, -0.2) is 0 Å². The number of fused-ring (bicyclic) bond motifs is 1. The van der Waals surface area contributed by atoms with E-state index < -0.39 is 0 Å². The molecule has 1 aromatic rings. The molecule has 0 amide bonds. The van der Waals surface area contributed by atoms with Crippen molar-refractivity contribution in [2.24, 2.45) is 5.92 Å². The highest BCUT2D eigenvalue weighted by Crippen LogP contribution is 2.46. The molecule has 1 aromatic carbocycles. The van der Waals surface area contributed by atoms with Crippen LogP contribution in [0.25, 0.3) is 0 Å². The highest BCUT2D eigenvalue weighted by Gasteiger charge is 2.33. The summed E-state index contributed by atoms with van der Waals surface area (Å²) in [7, 11) is 0. The SMILES string of the molecule is CC(=O)c1cc2c(cc1C)[C@@H](C)[C@H](C)[C@H]2C. The maximum absolute atomic E-state index is 11.5. The van der Waals surface area contributed by atoms with Gasteiger partial charge < -0.3 is 0 Å². The van der Waals surface area contributed by atoms with Crippen LogP contribution in [0.15, 0.2) is 12.1 Å². The Morgan fingerprint density at radius 3 is 2.06 bits per heavy atom. The number of benzene rings is 1. The first-order valence-electron chi connectivity index (χ1n) is 6.08. The van der Waals surface area contributed by atoms with Gasteiger partial charge in [0.1, 0.15) is 0 Å². The van der Waals surface area contributed by atoms with Crippen LogP contribution in [-0.2, 0) is 0 Å². The quantitative estimate of drug-likeness (QED) is 0.647. The second-order valence-corrected chi connectivity index (χ2v) is 5.29. The van der Waals surface area contributed by atoms with E-state index in [0.29, 0.717) is 17.8 Å². The van der Waals surface area contributed by atoms with Crippen molar-refractivity contribution in [1.29, 1.82) is 0 Å². The van der Waals surface area contributed by atoms with Crippen molar-refractivity contribution in [2.45, 2.75) is 46.5 Å². The van der Waals surface area contributed by atoms with Crippen LogP contribution >= 0.6 is 0 Å². The molecule has 0 heterocycles. The Morgan fingerprint density at radius 2 is 1.56 bits per heavy atom. The van der Waals surface area contributed by atoms with E-state index in [4.69, 9.17) is 0 Å². The fourth-order valence-electron chi connectivity index (χ4n) is 2.91. The van der Waals surface area contributed by atoms with Crippen molar-refractivity contribution >= 4 is 5.78 Å². The van der Waals surface area contributed by atoms with Gasteiger partial charge in [-0.2, -0.15) is 0 Å². The van der Waals surface area contributed by atoms with Gasteiger partial charge in [0.2, 0.25) is 0 Å². The van der Waals surface area contributed by atoms with E-state index in [1.165, 1.54) is 11.1 Å². The fourth-order valence-corrected chi connectivity index (χ4v) is 2.91. The van der Waals surface area contributed by atoms with Crippen molar-refractivity contribution < 1.29 is 4.79 Å². The van der Waals surface area contributed by atoms with Gasteiger partial charge in [0.05, 0.1) is 0 Å². The summed E-state index contributed by atoms with van der Waals surface area (Å²) in [5.41, 5.74) is 4.85. The normalized spacial score (nSPS) is 27.9. The van der Waals surface area contributed by atoms with Crippen molar-refractivity contribution in [1.82, 2.24) is 0 Å². The third kappa shape index (κ3) is 1.50. The molecule has 0 aromatic heterocycles. The topological polar surface area (TPSA) is 17.1 Å². The summed E-state index contributed by atoms with van der Waals surface area (Å²) in [6.07, 6.45) is 0. The van der Waals surface area contributed by atoms with E-state index in [2.05, 4.69) is 32.9 Å². The average Bonchev–Trinajstić information content (AvgIpc) is 2.43. The molecule has 1 aliphatic rings. The predicted octanol–water partition coefficient (Wildman–Crippen LogP) is 4.05. The lowest BCUT2D eigenvalue weighted by Gasteiger charge is -2.13. The van der Waals surface area contributed by atoms with Crippen LogP contribution < -0.4 is 0 Å². The molecule has 1 heteroatoms. The first-order chi connectivity index (χ1) is 7.43. The minimum Gasteiger partial charge on any atom is -0.295 e. The minimum atomic E-state index is 0.180. The molecule has 2 rings (SSSR count). The molecule has 0 aliphatic heterocycles. The van der Waals surface area contributed by atoms with E-state index in [0.717, 1.165) is 11.1 Å². The van der Waals surface area contributed by atoms with E-state index >= 15 is 0 Å². The molecule has 0 unspecified atom stereocenters. The summed E-state index contributed by atoms with van der Waals surface area (Å²) < 4.78 is 0. The predicted molar refractivity (Wildman–Crippen MR) is 67.2 cm³/mol. The van der Waals surface area contributed by atoms with Gasteiger partial charge in [0, 0.05) is 5.56 Å². The Labute approximate surface area is 97.9 Å². The zero-order chi connectivity index (χ0) is 12.0. The fraction of sp³-hybridized carbons (Fsp3) is 0.533. The number of carbonyl (C=O) groups is 1. The van der Waals surface area contributed by atoms with Crippen LogP contribution in [0.2, 0.25) is 0 Å². The summed E-state index contributed by atoms with van der Waals surface area (Å²) in [6, 6.07) is 4.34. The van der Waals surface area contributed by atoms with Gasteiger partial charge in [0.15, 0.2) is 5.78 Å². The summed E-state index contributed by atoms with van der Waals surface area (Å²) in [5, 5.41) is 0. The van der Waals surface area contributed by atoms with Gasteiger partial charge in [-0.3, -0.25) is 4.79 Å². The van der Waals surface area contributed by atoms with Gasteiger partial charge in [-0.15, -0.1) is 0 Å². The Bertz CT molecular complexity index is 445. The number of carbonyl (C=O) groups excluding carboxylic acids is 1. The summed E-state index contributed by atoms with van der Waals surface area (Å²) >= 11 is 0. The van der Waals surface area contributed by atoms with Gasteiger partial charge >= 0.3 is 0 Å². The van der Waals surface area contributed by atoms with E-state index in [-0.39, 0.29) is 5.78 Å². The summed E-state index contributed by atoms with van der Waals surface area (Å²) in [4.78, 5) is 11.5. The highest BCUT2D eigenvalue weighted by atomic mass is 16.1. The second-order valence-electron chi connectivity index (χ2n) is 5.29. The third-order valence-electron chi connectivity index (χ3n) is 4.37. The monoisotopic (exact) mass is 216 g/mol. The standard InChI is InChI=1S/C15H20O/c1-8-6-14-10(3)9(2)11(4)15(14)7-13(8)12(5)16/h6-7,9-11H,1-5H3/t9-,10-,11+/m0/s1. The highest BCUT2D eigenvalue weighted by molar-refractivity contribution is 5.96. The number of aryl methyl sites for hydroxylation is 1. The van der Waals surface area contributed by atoms with E-state index in [1.807, 2.05) is 6.92 Å². The lowest BCUT2D eigenvalue weighted by atomic mass is 9.91. The summed E-state index contributed by atoms with van der Waals surface area (Å²) in [6.45, 7) is 10.6. The van der Waals surface area contributed by atoms with Crippen LogP contribution in [0.4, 0.5) is 0 Å². The van der Waals surface area contributed by atoms with Crippen molar-refractivity contribution in [3.8, 4) is 0 Å². The van der Waals surface area contributed by atoms with Crippen LogP contribution in [0, 0.1) is 12.8 Å². The van der Waals surface area contributed by atoms with Crippen LogP contribution in [0.5, 0.6) is 0 Å². The van der Waals surface area contributed by atoms with Crippen LogP contribution in [0.3, 0.4) is 0 Å². The summed E-state index contributed by atoms with van der Waals surface area (Å²) in [5.74, 6) is 2.05. The van der Waals surface area contributed by atoms with E-state index in [1.54, 1.807) is 6.92 Å². The Balaban J connectivity index is 2.60. The molecule has 86 valence electrons. The molecule has 1 nitrogen and oxygen atoms in total. The molecule has 1 aliphatic carbocycles. The van der Waals surface area contributed by atoms with E-state index in [9.17, 15) is 4.79 Å². The largest absolute Gasteiger partial charge is 0.295 e. The average molecular weight is 216 g/mol. The Morgan fingerprint density at radius 1 is 1.06 bits per heavy atom. The molecule has 0 radical (unpaired) electrons. The maximum atomic E-state index is 11.5. The molecular weight excluding hydrogens is 196 g/mol. The molecule has 0 spiro atoms. The lowest BCUT2D eigenvalue weighted by Crippen LogP contribution is -2.02. The van der Waals surface area contributed by atoms with Crippen molar-refractivity contribution in [3.63, 3.8) is 0 Å². The smallest absolute Gasteiger partial charge is 0.160 e. The third-order valence-corrected chi connectivity index (χ3v) is 4.37. The maximum Gasteiger partial charge on any atom is 0.160 e. The zero-order valence-corrected chi connectivity index (χ0v) is 10.8. The van der Waals surface area contributed by atoms with Crippen molar-refractivity contribution in [3.05, 3.63) is 34.4 Å². The molecule has 0 fully saturated rings. The molecule has 16 heavy (non-hydrogen) atoms. The molecule has 0 N–H and O–H groups in total. The number of ketones is 1. The first-order valence-corrected chi connectivity index (χ1v) is 6.08. The molecular formula is C15H20O.